The van der Waals surface area contributed by atoms with Gasteiger partial charge in [0.25, 0.3) is 5.91 Å². The number of nitrogens with zero attached hydrogens (tertiary/aromatic N) is 1. The van der Waals surface area contributed by atoms with Crippen molar-refractivity contribution in [3.05, 3.63) is 101 Å². The molecule has 0 saturated carbocycles. The lowest BCUT2D eigenvalue weighted by Gasteiger charge is -2.22. The van der Waals surface area contributed by atoms with Crippen molar-refractivity contribution >= 4 is 40.9 Å². The summed E-state index contributed by atoms with van der Waals surface area (Å²) >= 11 is 5.87. The predicted molar refractivity (Wildman–Crippen MR) is 119 cm³/mol. The van der Waals surface area contributed by atoms with Gasteiger partial charge in [0.2, 0.25) is 5.91 Å². The highest BCUT2D eigenvalue weighted by Gasteiger charge is 2.19. The molecular weight excluding hydrogens is 384 g/mol. The second kappa shape index (κ2) is 9.71. The molecule has 0 fully saturated rings. The topological polar surface area (TPSA) is 49.4 Å². The van der Waals surface area contributed by atoms with Crippen molar-refractivity contribution in [2.24, 2.45) is 0 Å². The first kappa shape index (κ1) is 20.4. The smallest absolute Gasteiger partial charge is 0.260 e. The summed E-state index contributed by atoms with van der Waals surface area (Å²) in [6, 6.07) is 23.6. The average Bonchev–Trinajstić information content (AvgIpc) is 2.75. The molecule has 5 heteroatoms. The fourth-order valence-corrected chi connectivity index (χ4v) is 3.02. The maximum Gasteiger partial charge on any atom is 0.260 e. The summed E-state index contributed by atoms with van der Waals surface area (Å²) in [5.41, 5.74) is 2.57. The van der Waals surface area contributed by atoms with Crippen LogP contribution < -0.4 is 10.2 Å². The van der Waals surface area contributed by atoms with Gasteiger partial charge in [-0.05, 0) is 55.0 Å². The third-order valence-electron chi connectivity index (χ3n) is 4.34. The molecule has 0 radical (unpaired) electrons. The fraction of sp³-hybridized carbons (Fsp3) is 0.0833. The zero-order valence-electron chi connectivity index (χ0n) is 16.0. The van der Waals surface area contributed by atoms with Crippen molar-refractivity contribution in [2.75, 3.05) is 16.8 Å². The van der Waals surface area contributed by atoms with E-state index in [1.165, 1.54) is 6.08 Å². The van der Waals surface area contributed by atoms with Crippen LogP contribution in [-0.4, -0.2) is 18.4 Å². The van der Waals surface area contributed by atoms with Crippen molar-refractivity contribution in [1.29, 1.82) is 0 Å². The highest BCUT2D eigenvalue weighted by molar-refractivity contribution is 6.30. The molecule has 4 nitrogen and oxygen atoms in total. The summed E-state index contributed by atoms with van der Waals surface area (Å²) in [4.78, 5) is 27.2. The molecule has 0 aliphatic carbocycles. The molecule has 0 aliphatic rings. The van der Waals surface area contributed by atoms with Crippen LogP contribution in [0.4, 0.5) is 11.4 Å². The SMILES string of the molecule is CCN(C(=O)c1ccccc1NC(=O)/C=C/c1ccc(Cl)cc1)c1ccccc1. The zero-order chi connectivity index (χ0) is 20.6. The highest BCUT2D eigenvalue weighted by atomic mass is 35.5. The van der Waals surface area contributed by atoms with Gasteiger partial charge in [-0.2, -0.15) is 0 Å². The van der Waals surface area contributed by atoms with Gasteiger partial charge >= 0.3 is 0 Å². The highest BCUT2D eigenvalue weighted by Crippen LogP contribution is 2.22. The third kappa shape index (κ3) is 5.33. The van der Waals surface area contributed by atoms with Crippen molar-refractivity contribution in [2.45, 2.75) is 6.92 Å². The molecule has 0 unspecified atom stereocenters. The lowest BCUT2D eigenvalue weighted by Crippen LogP contribution is -2.31. The lowest BCUT2D eigenvalue weighted by molar-refractivity contribution is -0.111. The predicted octanol–water partition coefficient (Wildman–Crippen LogP) is 5.66. The summed E-state index contributed by atoms with van der Waals surface area (Å²) in [6.45, 7) is 2.43. The van der Waals surface area contributed by atoms with Gasteiger partial charge in [-0.25, -0.2) is 0 Å². The van der Waals surface area contributed by atoms with Crippen LogP contribution in [0, 0.1) is 0 Å². The summed E-state index contributed by atoms with van der Waals surface area (Å²) in [7, 11) is 0. The van der Waals surface area contributed by atoms with Crippen molar-refractivity contribution in [3.63, 3.8) is 0 Å². The lowest BCUT2D eigenvalue weighted by atomic mass is 10.1. The van der Waals surface area contributed by atoms with E-state index in [4.69, 9.17) is 11.6 Å². The van der Waals surface area contributed by atoms with Gasteiger partial charge in [0.05, 0.1) is 11.3 Å². The summed E-state index contributed by atoms with van der Waals surface area (Å²) in [5.74, 6) is -0.487. The largest absolute Gasteiger partial charge is 0.322 e. The Morgan fingerprint density at radius 3 is 2.28 bits per heavy atom. The minimum atomic E-state index is -0.317. The van der Waals surface area contributed by atoms with Crippen molar-refractivity contribution in [1.82, 2.24) is 0 Å². The molecular formula is C24H21ClN2O2. The molecule has 3 aromatic rings. The van der Waals surface area contributed by atoms with Crippen LogP contribution in [0.5, 0.6) is 0 Å². The Morgan fingerprint density at radius 2 is 1.59 bits per heavy atom. The summed E-state index contributed by atoms with van der Waals surface area (Å²) in [5, 5.41) is 3.44. The van der Waals surface area contributed by atoms with Crippen LogP contribution in [0.3, 0.4) is 0 Å². The van der Waals surface area contributed by atoms with Gasteiger partial charge in [-0.15, -0.1) is 0 Å². The number of benzene rings is 3. The number of rotatable bonds is 6. The number of para-hydroxylation sites is 2. The molecule has 0 aliphatic heterocycles. The van der Waals surface area contributed by atoms with Gasteiger partial charge in [0, 0.05) is 23.3 Å². The number of carbonyl (C=O) groups excluding carboxylic acids is 2. The molecule has 1 N–H and O–H groups in total. The second-order valence-electron chi connectivity index (χ2n) is 6.30. The number of hydrogen-bond acceptors (Lipinski definition) is 2. The minimum Gasteiger partial charge on any atom is -0.322 e. The number of anilines is 2. The molecule has 3 rings (SSSR count). The van der Waals surface area contributed by atoms with E-state index < -0.39 is 0 Å². The molecule has 0 saturated heterocycles. The van der Waals surface area contributed by atoms with Crippen LogP contribution in [0.15, 0.2) is 84.9 Å². The first-order valence-electron chi connectivity index (χ1n) is 9.29. The van der Waals surface area contributed by atoms with E-state index in [1.807, 2.05) is 49.4 Å². The molecule has 0 atom stereocenters. The zero-order valence-corrected chi connectivity index (χ0v) is 16.8. The maximum atomic E-state index is 13.1. The van der Waals surface area contributed by atoms with E-state index >= 15 is 0 Å². The Balaban J connectivity index is 1.78. The Morgan fingerprint density at radius 1 is 0.931 bits per heavy atom. The van der Waals surface area contributed by atoms with E-state index in [-0.39, 0.29) is 11.8 Å². The van der Waals surface area contributed by atoms with Gasteiger partial charge in [-0.1, -0.05) is 54.1 Å². The first-order chi connectivity index (χ1) is 14.1. The summed E-state index contributed by atoms with van der Waals surface area (Å²) < 4.78 is 0. The molecule has 0 aromatic heterocycles. The molecule has 0 bridgehead atoms. The Hall–Kier alpha value is -3.37. The second-order valence-corrected chi connectivity index (χ2v) is 6.74. The first-order valence-corrected chi connectivity index (χ1v) is 9.67. The van der Waals surface area contributed by atoms with Gasteiger partial charge in [-0.3, -0.25) is 9.59 Å². The van der Waals surface area contributed by atoms with Gasteiger partial charge in [0.1, 0.15) is 0 Å². The molecule has 0 spiro atoms. The molecule has 29 heavy (non-hydrogen) atoms. The number of carbonyl (C=O) groups is 2. The van der Waals surface area contributed by atoms with Crippen LogP contribution >= 0.6 is 11.6 Å². The summed E-state index contributed by atoms with van der Waals surface area (Å²) in [6.07, 6.45) is 3.12. The Kier molecular flexibility index (Phi) is 6.82. The molecule has 3 aromatic carbocycles. The number of hydrogen-bond donors (Lipinski definition) is 1. The van der Waals surface area contributed by atoms with Crippen LogP contribution in [0.25, 0.3) is 6.08 Å². The normalized spacial score (nSPS) is 10.7. The quantitative estimate of drug-likeness (QED) is 0.539. The van der Waals surface area contributed by atoms with E-state index in [0.717, 1.165) is 11.3 Å². The maximum absolute atomic E-state index is 13.1. The van der Waals surface area contributed by atoms with Crippen LogP contribution in [-0.2, 0) is 4.79 Å². The Labute approximate surface area is 175 Å². The fourth-order valence-electron chi connectivity index (χ4n) is 2.90. The van der Waals surface area contributed by atoms with E-state index in [0.29, 0.717) is 22.8 Å². The van der Waals surface area contributed by atoms with Crippen LogP contribution in [0.1, 0.15) is 22.8 Å². The van der Waals surface area contributed by atoms with Gasteiger partial charge in [0.15, 0.2) is 0 Å². The molecule has 2 amide bonds. The third-order valence-corrected chi connectivity index (χ3v) is 4.59. The molecule has 146 valence electrons. The Bertz CT molecular complexity index is 1010. The average molecular weight is 405 g/mol. The van der Waals surface area contributed by atoms with E-state index in [9.17, 15) is 9.59 Å². The van der Waals surface area contributed by atoms with Crippen molar-refractivity contribution in [3.8, 4) is 0 Å². The van der Waals surface area contributed by atoms with Crippen molar-refractivity contribution < 1.29 is 9.59 Å². The standard InChI is InChI=1S/C24H21ClN2O2/c1-2-27(20-8-4-3-5-9-20)24(29)21-10-6-7-11-22(21)26-23(28)17-14-18-12-15-19(25)16-13-18/h3-17H,2H2,1H3,(H,26,28)/b17-14+. The number of halogens is 1. The molecule has 0 heterocycles. The van der Waals surface area contributed by atoms with Crippen LogP contribution in [0.2, 0.25) is 5.02 Å². The monoisotopic (exact) mass is 404 g/mol. The van der Waals surface area contributed by atoms with E-state index in [2.05, 4.69) is 5.32 Å². The van der Waals surface area contributed by atoms with E-state index in [1.54, 1.807) is 47.4 Å². The minimum absolute atomic E-state index is 0.170. The number of amides is 2. The number of nitrogens with one attached hydrogen (secondary N) is 1. The van der Waals surface area contributed by atoms with Gasteiger partial charge < -0.3 is 10.2 Å².